The molecule has 3 unspecified atom stereocenters. The van der Waals surface area contributed by atoms with E-state index in [-0.39, 0.29) is 12.5 Å². The first-order chi connectivity index (χ1) is 32.5. The Labute approximate surface area is 411 Å². The molecule has 8 nitrogen and oxygen atoms in total. The molecule has 380 valence electrons. The number of likely N-dealkylation sites (N-methyl/N-ethyl adjacent to an activating group) is 1. The Morgan fingerprint density at radius 3 is 1.33 bits per heavy atom. The average Bonchev–Trinajstić information content (AvgIpc) is 3.29. The summed E-state index contributed by atoms with van der Waals surface area (Å²) < 4.78 is 23.2. The van der Waals surface area contributed by atoms with Crippen molar-refractivity contribution in [2.45, 2.75) is 187 Å². The smallest absolute Gasteiger partial charge is 0.268 e. The van der Waals surface area contributed by atoms with Gasteiger partial charge in [-0.15, -0.1) is 0 Å². The van der Waals surface area contributed by atoms with Crippen molar-refractivity contribution in [3.05, 3.63) is 134 Å². The topological polar surface area (TPSA) is 108 Å². The Kier molecular flexibility index (Phi) is 45.3. The van der Waals surface area contributed by atoms with E-state index in [0.717, 1.165) is 116 Å². The summed E-state index contributed by atoms with van der Waals surface area (Å²) in [5.74, 6) is -0.231. The molecule has 0 radical (unpaired) electrons. The van der Waals surface area contributed by atoms with Crippen LogP contribution >= 0.6 is 7.82 Å². The van der Waals surface area contributed by atoms with E-state index in [1.807, 2.05) is 27.2 Å². The van der Waals surface area contributed by atoms with Crippen LogP contribution in [0.1, 0.15) is 174 Å². The number of amides is 1. The lowest BCUT2D eigenvalue weighted by Crippen LogP contribution is -2.45. The quantitative estimate of drug-likeness (QED) is 0.0272. The van der Waals surface area contributed by atoms with Crippen molar-refractivity contribution in [2.24, 2.45) is 0 Å². The molecule has 67 heavy (non-hydrogen) atoms. The molecule has 2 N–H and O–H groups in total. The Bertz CT molecular complexity index is 1540. The lowest BCUT2D eigenvalue weighted by Gasteiger charge is -2.29. The van der Waals surface area contributed by atoms with E-state index in [4.69, 9.17) is 9.05 Å². The second-order valence-corrected chi connectivity index (χ2v) is 19.6. The van der Waals surface area contributed by atoms with Gasteiger partial charge in [-0.3, -0.25) is 9.36 Å². The summed E-state index contributed by atoms with van der Waals surface area (Å²) in [5.41, 5.74) is 0. The lowest BCUT2D eigenvalue weighted by molar-refractivity contribution is -0.870. The molecule has 0 aromatic carbocycles. The van der Waals surface area contributed by atoms with Gasteiger partial charge in [-0.2, -0.15) is 0 Å². The minimum absolute atomic E-state index is 0.0141. The molecule has 0 fully saturated rings. The Morgan fingerprint density at radius 2 is 0.910 bits per heavy atom. The lowest BCUT2D eigenvalue weighted by atomic mass is 10.1. The van der Waals surface area contributed by atoms with E-state index >= 15 is 0 Å². The Hall–Kier alpha value is -3.36. The summed E-state index contributed by atoms with van der Waals surface area (Å²) in [5, 5.41) is 13.7. The predicted molar refractivity (Wildman–Crippen MR) is 288 cm³/mol. The van der Waals surface area contributed by atoms with E-state index in [9.17, 15) is 19.4 Å². The van der Waals surface area contributed by atoms with E-state index < -0.39 is 26.6 Å². The molecule has 0 aliphatic carbocycles. The zero-order valence-electron chi connectivity index (χ0n) is 43.0. The molecule has 0 aromatic heterocycles. The fourth-order valence-electron chi connectivity index (χ4n) is 6.53. The second kappa shape index (κ2) is 47.7. The number of aliphatic hydroxyl groups excluding tert-OH is 1. The third kappa shape index (κ3) is 50.3. The number of allylic oxidation sites excluding steroid dienone is 21. The SMILES string of the molecule is CC/C=C\C/C=C\C/C=C\C/C=C\C/C=C\C/C=C\C/C=C\C/C=C\C/C=C\C/C=C\CCCCCCC(=O)NC(COP(=O)([O-])OCC[N+](C)(C)C)C(O)/C=C/CCCCCCCCCC. The van der Waals surface area contributed by atoms with Crippen molar-refractivity contribution >= 4 is 13.7 Å². The number of phosphoric acid groups is 1. The molecule has 0 aliphatic rings. The summed E-state index contributed by atoms with van der Waals surface area (Å²) in [6.07, 6.45) is 72.4. The van der Waals surface area contributed by atoms with Gasteiger partial charge in [-0.25, -0.2) is 0 Å². The molecular formula is C58H97N2O6P. The van der Waals surface area contributed by atoms with Crippen molar-refractivity contribution in [2.75, 3.05) is 40.9 Å². The number of nitrogens with zero attached hydrogens (tertiary/aromatic N) is 1. The number of hydrogen-bond acceptors (Lipinski definition) is 6. The molecule has 3 atom stereocenters. The third-order valence-corrected chi connectivity index (χ3v) is 11.6. The van der Waals surface area contributed by atoms with Crippen molar-refractivity contribution in [3.63, 3.8) is 0 Å². The van der Waals surface area contributed by atoms with Crippen molar-refractivity contribution in [1.82, 2.24) is 5.32 Å². The second-order valence-electron chi connectivity index (χ2n) is 18.1. The molecular weight excluding hydrogens is 852 g/mol. The predicted octanol–water partition coefficient (Wildman–Crippen LogP) is 15.0. The number of quaternary nitrogens is 1. The highest BCUT2D eigenvalue weighted by Crippen LogP contribution is 2.38. The van der Waals surface area contributed by atoms with Gasteiger partial charge in [0, 0.05) is 6.42 Å². The number of aliphatic hydroxyl groups is 1. The van der Waals surface area contributed by atoms with E-state index in [0.29, 0.717) is 17.4 Å². The standard InChI is InChI=1S/C58H97N2O6P/c1-6-8-10-12-14-16-18-19-20-21-22-23-24-25-26-27-28-29-30-31-32-33-34-35-36-37-38-39-40-41-42-44-46-48-50-52-58(62)59-56(55-66-67(63,64)65-54-53-60(3,4)5)57(61)51-49-47-45-43-17-15-13-11-9-7-2/h8,10,14,16,19-20,22-23,25-26,28-29,31-32,34-35,37-38,40-41,49,51,56-57,61H,6-7,9,11-13,15,17-18,21,24,27,30,33,36,39,42-48,50,52-55H2,1-5H3,(H-,59,62,63,64)/b10-8-,16-14-,20-19-,23-22-,26-25-,29-28-,32-31-,35-34-,38-37-,41-40-,51-49+. The number of rotatable bonds is 45. The van der Waals surface area contributed by atoms with Gasteiger partial charge in [0.2, 0.25) is 5.91 Å². The van der Waals surface area contributed by atoms with Gasteiger partial charge in [0.15, 0.2) is 0 Å². The van der Waals surface area contributed by atoms with Crippen LogP contribution in [-0.2, 0) is 18.4 Å². The molecule has 9 heteroatoms. The van der Waals surface area contributed by atoms with Crippen LogP contribution in [0.5, 0.6) is 0 Å². The largest absolute Gasteiger partial charge is 0.756 e. The monoisotopic (exact) mass is 949 g/mol. The number of hydrogen-bond donors (Lipinski definition) is 2. The maximum absolute atomic E-state index is 12.9. The molecule has 0 bridgehead atoms. The maximum atomic E-state index is 12.9. The van der Waals surface area contributed by atoms with Gasteiger partial charge in [0.25, 0.3) is 7.82 Å². The first kappa shape index (κ1) is 63.6. The highest BCUT2D eigenvalue weighted by atomic mass is 31.2. The van der Waals surface area contributed by atoms with Crippen LogP contribution in [0.25, 0.3) is 0 Å². The highest BCUT2D eigenvalue weighted by molar-refractivity contribution is 7.45. The number of carbonyl (C=O) groups is 1. The molecule has 0 spiro atoms. The normalized spacial score (nSPS) is 15.1. The fourth-order valence-corrected chi connectivity index (χ4v) is 7.25. The Balaban J connectivity index is 4.23. The third-order valence-electron chi connectivity index (χ3n) is 10.6. The van der Waals surface area contributed by atoms with Crippen molar-refractivity contribution < 1.29 is 32.9 Å². The maximum Gasteiger partial charge on any atom is 0.268 e. The van der Waals surface area contributed by atoms with Crippen molar-refractivity contribution in [1.29, 1.82) is 0 Å². The van der Waals surface area contributed by atoms with Crippen molar-refractivity contribution in [3.8, 4) is 0 Å². The van der Waals surface area contributed by atoms with Crippen LogP contribution in [0.4, 0.5) is 0 Å². The van der Waals surface area contributed by atoms with Crippen LogP contribution in [0.2, 0.25) is 0 Å². The molecule has 0 aliphatic heterocycles. The summed E-state index contributed by atoms with van der Waals surface area (Å²) in [4.78, 5) is 25.3. The summed E-state index contributed by atoms with van der Waals surface area (Å²) in [7, 11) is 1.22. The van der Waals surface area contributed by atoms with Crippen LogP contribution in [0.3, 0.4) is 0 Å². The van der Waals surface area contributed by atoms with Gasteiger partial charge in [-0.1, -0.05) is 205 Å². The van der Waals surface area contributed by atoms with E-state index in [2.05, 4.69) is 141 Å². The summed E-state index contributed by atoms with van der Waals surface area (Å²) >= 11 is 0. The van der Waals surface area contributed by atoms with Gasteiger partial charge >= 0.3 is 0 Å². The number of unbranched alkanes of at least 4 members (excludes halogenated alkanes) is 12. The number of phosphoric ester groups is 1. The van der Waals surface area contributed by atoms with Gasteiger partial charge in [0.05, 0.1) is 39.9 Å². The van der Waals surface area contributed by atoms with Gasteiger partial charge in [-0.05, 0) is 96.3 Å². The van der Waals surface area contributed by atoms with Crippen LogP contribution < -0.4 is 10.2 Å². The molecule has 1 amide bonds. The summed E-state index contributed by atoms with van der Waals surface area (Å²) in [6, 6.07) is -0.908. The average molecular weight is 949 g/mol. The van der Waals surface area contributed by atoms with Crippen LogP contribution in [-0.4, -0.2) is 68.5 Å². The molecule has 0 rings (SSSR count). The van der Waals surface area contributed by atoms with Crippen LogP contribution in [0.15, 0.2) is 134 Å². The van der Waals surface area contributed by atoms with Gasteiger partial charge < -0.3 is 28.8 Å². The zero-order chi connectivity index (χ0) is 49.2. The number of nitrogens with one attached hydrogen (secondary N) is 1. The number of carbonyl (C=O) groups excluding carboxylic acids is 1. The molecule has 0 heterocycles. The Morgan fingerprint density at radius 1 is 0.537 bits per heavy atom. The van der Waals surface area contributed by atoms with Crippen LogP contribution in [0, 0.1) is 0 Å². The van der Waals surface area contributed by atoms with E-state index in [1.165, 1.54) is 38.5 Å². The van der Waals surface area contributed by atoms with E-state index in [1.54, 1.807) is 6.08 Å². The molecule has 0 saturated carbocycles. The molecule has 0 aromatic rings. The first-order valence-electron chi connectivity index (χ1n) is 26.0. The first-order valence-corrected chi connectivity index (χ1v) is 27.5. The summed E-state index contributed by atoms with van der Waals surface area (Å²) in [6.45, 7) is 4.45. The highest BCUT2D eigenvalue weighted by Gasteiger charge is 2.23. The fraction of sp³-hybridized carbons (Fsp3) is 0.603. The van der Waals surface area contributed by atoms with Gasteiger partial charge in [0.1, 0.15) is 13.2 Å². The zero-order valence-corrected chi connectivity index (χ0v) is 43.9. The minimum atomic E-state index is -4.60. The minimum Gasteiger partial charge on any atom is -0.756 e. The molecule has 0 saturated heterocycles.